The van der Waals surface area contributed by atoms with Crippen LogP contribution in [0.2, 0.25) is 0 Å². The number of nitrogens with zero attached hydrogens (tertiary/aromatic N) is 3. The molecule has 0 radical (unpaired) electrons. The Bertz CT molecular complexity index is 537. The number of piperidine rings is 1. The predicted octanol–water partition coefficient (Wildman–Crippen LogP) is 2.16. The van der Waals surface area contributed by atoms with Crippen molar-refractivity contribution in [2.45, 2.75) is 38.8 Å². The molecule has 1 aliphatic heterocycles. The fraction of sp³-hybridized carbons (Fsp3) is 0.600. The maximum absolute atomic E-state index is 12.3. The van der Waals surface area contributed by atoms with Crippen molar-refractivity contribution in [3.63, 3.8) is 0 Å². The van der Waals surface area contributed by atoms with Crippen LogP contribution in [-0.4, -0.2) is 35.5 Å². The van der Waals surface area contributed by atoms with Crippen LogP contribution in [0.15, 0.2) is 28.1 Å². The summed E-state index contributed by atoms with van der Waals surface area (Å²) in [6, 6.07) is 0.487. The number of hydrogen-bond acceptors (Lipinski definition) is 4. The van der Waals surface area contributed by atoms with Crippen molar-refractivity contribution in [3.8, 4) is 0 Å². The molecule has 0 bridgehead atoms. The third kappa shape index (κ3) is 3.95. The Balaban J connectivity index is 2.19. The van der Waals surface area contributed by atoms with Gasteiger partial charge in [0.15, 0.2) is 0 Å². The van der Waals surface area contributed by atoms with Gasteiger partial charge in [-0.2, -0.15) is 5.10 Å². The van der Waals surface area contributed by atoms with Crippen molar-refractivity contribution in [3.05, 3.63) is 33.7 Å². The SMILES string of the molecule is C=CCn1ncc(N(CC)CC2CCCCN2)c(Br)c1=O. The predicted molar refractivity (Wildman–Crippen MR) is 89.9 cm³/mol. The van der Waals surface area contributed by atoms with Crippen LogP contribution in [0.4, 0.5) is 5.69 Å². The summed E-state index contributed by atoms with van der Waals surface area (Å²) in [5.41, 5.74) is 0.762. The normalized spacial score (nSPS) is 18.5. The van der Waals surface area contributed by atoms with E-state index < -0.39 is 0 Å². The van der Waals surface area contributed by atoms with Crippen molar-refractivity contribution in [2.75, 3.05) is 24.5 Å². The quantitative estimate of drug-likeness (QED) is 0.795. The maximum atomic E-state index is 12.3. The lowest BCUT2D eigenvalue weighted by molar-refractivity contribution is 0.400. The van der Waals surface area contributed by atoms with Crippen LogP contribution >= 0.6 is 15.9 Å². The molecule has 116 valence electrons. The zero-order valence-corrected chi connectivity index (χ0v) is 14.1. The largest absolute Gasteiger partial charge is 0.368 e. The Morgan fingerprint density at radius 1 is 1.62 bits per heavy atom. The Kier molecular flexibility index (Phi) is 5.99. The minimum Gasteiger partial charge on any atom is -0.368 e. The van der Waals surface area contributed by atoms with Crippen molar-refractivity contribution >= 4 is 21.6 Å². The van der Waals surface area contributed by atoms with Gasteiger partial charge >= 0.3 is 0 Å². The second kappa shape index (κ2) is 7.75. The lowest BCUT2D eigenvalue weighted by atomic mass is 10.0. The first kappa shape index (κ1) is 16.2. The molecule has 1 N–H and O–H groups in total. The first-order chi connectivity index (χ1) is 10.2. The number of nitrogens with one attached hydrogen (secondary N) is 1. The number of aromatic nitrogens is 2. The number of anilines is 1. The first-order valence-electron chi connectivity index (χ1n) is 7.52. The third-order valence-corrected chi connectivity index (χ3v) is 4.59. The van der Waals surface area contributed by atoms with E-state index in [2.05, 4.69) is 44.7 Å². The van der Waals surface area contributed by atoms with E-state index in [1.165, 1.54) is 23.9 Å². The smallest absolute Gasteiger partial charge is 0.283 e. The minimum absolute atomic E-state index is 0.109. The van der Waals surface area contributed by atoms with E-state index in [1.54, 1.807) is 12.3 Å². The molecule has 1 unspecified atom stereocenters. The van der Waals surface area contributed by atoms with Gasteiger partial charge in [-0.05, 0) is 42.2 Å². The molecule has 2 heterocycles. The minimum atomic E-state index is -0.109. The summed E-state index contributed by atoms with van der Waals surface area (Å²) in [6.45, 7) is 9.01. The van der Waals surface area contributed by atoms with Crippen LogP contribution in [-0.2, 0) is 6.54 Å². The van der Waals surface area contributed by atoms with Crippen molar-refractivity contribution in [1.82, 2.24) is 15.1 Å². The van der Waals surface area contributed by atoms with Gasteiger partial charge in [-0.15, -0.1) is 6.58 Å². The Morgan fingerprint density at radius 2 is 2.43 bits per heavy atom. The highest BCUT2D eigenvalue weighted by atomic mass is 79.9. The Morgan fingerprint density at radius 3 is 3.05 bits per heavy atom. The summed E-state index contributed by atoms with van der Waals surface area (Å²) in [7, 11) is 0. The van der Waals surface area contributed by atoms with E-state index in [9.17, 15) is 4.79 Å². The Labute approximate surface area is 134 Å². The molecule has 1 fully saturated rings. The van der Waals surface area contributed by atoms with Gasteiger partial charge < -0.3 is 10.2 Å². The van der Waals surface area contributed by atoms with Gasteiger partial charge in [-0.3, -0.25) is 4.79 Å². The molecule has 1 aromatic rings. The molecule has 1 atom stereocenters. The van der Waals surface area contributed by atoms with Gasteiger partial charge in [0.25, 0.3) is 5.56 Å². The number of likely N-dealkylation sites (N-methyl/N-ethyl adjacent to an activating group) is 1. The van der Waals surface area contributed by atoms with Crippen LogP contribution in [0.5, 0.6) is 0 Å². The number of rotatable bonds is 6. The summed E-state index contributed by atoms with van der Waals surface area (Å²) < 4.78 is 1.99. The molecule has 0 saturated carbocycles. The van der Waals surface area contributed by atoms with Gasteiger partial charge in [-0.25, -0.2) is 4.68 Å². The van der Waals surface area contributed by atoms with Crippen LogP contribution in [0, 0.1) is 0 Å². The maximum Gasteiger partial charge on any atom is 0.283 e. The molecule has 6 heteroatoms. The molecule has 5 nitrogen and oxygen atoms in total. The summed E-state index contributed by atoms with van der Waals surface area (Å²) in [5.74, 6) is 0. The van der Waals surface area contributed by atoms with Crippen LogP contribution < -0.4 is 15.8 Å². The zero-order chi connectivity index (χ0) is 15.2. The van der Waals surface area contributed by atoms with Gasteiger partial charge in [0.2, 0.25) is 0 Å². The average Bonchev–Trinajstić information content (AvgIpc) is 2.51. The van der Waals surface area contributed by atoms with Crippen LogP contribution in [0.1, 0.15) is 26.2 Å². The number of hydrogen-bond donors (Lipinski definition) is 1. The molecule has 1 saturated heterocycles. The molecule has 0 aromatic carbocycles. The fourth-order valence-electron chi connectivity index (χ4n) is 2.67. The molecule has 2 rings (SSSR count). The van der Waals surface area contributed by atoms with Gasteiger partial charge in [0.05, 0.1) is 18.4 Å². The van der Waals surface area contributed by atoms with Crippen LogP contribution in [0.3, 0.4) is 0 Å². The Hall–Kier alpha value is -1.14. The molecule has 0 aliphatic carbocycles. The summed E-state index contributed by atoms with van der Waals surface area (Å²) >= 11 is 3.44. The number of allylic oxidation sites excluding steroid dienone is 1. The van der Waals surface area contributed by atoms with Crippen molar-refractivity contribution in [2.24, 2.45) is 0 Å². The lowest BCUT2D eigenvalue weighted by Crippen LogP contribution is -2.44. The van der Waals surface area contributed by atoms with Gasteiger partial charge in [0, 0.05) is 19.1 Å². The zero-order valence-electron chi connectivity index (χ0n) is 12.5. The van der Waals surface area contributed by atoms with Gasteiger partial charge in [-0.1, -0.05) is 12.5 Å². The summed E-state index contributed by atoms with van der Waals surface area (Å²) in [6.07, 6.45) is 7.15. The molecule has 21 heavy (non-hydrogen) atoms. The average molecular weight is 355 g/mol. The standard InChI is InChI=1S/C15H23BrN4O/c1-3-9-20-15(21)14(16)13(10-18-20)19(4-2)11-12-7-5-6-8-17-12/h3,10,12,17H,1,4-9,11H2,2H3. The van der Waals surface area contributed by atoms with Crippen molar-refractivity contribution in [1.29, 1.82) is 0 Å². The van der Waals surface area contributed by atoms with E-state index in [4.69, 9.17) is 0 Å². The lowest BCUT2D eigenvalue weighted by Gasteiger charge is -2.31. The summed E-state index contributed by atoms with van der Waals surface area (Å²) in [5, 5.41) is 7.78. The molecular weight excluding hydrogens is 332 g/mol. The van der Waals surface area contributed by atoms with Crippen molar-refractivity contribution < 1.29 is 0 Å². The van der Waals surface area contributed by atoms with E-state index in [0.717, 1.165) is 25.3 Å². The molecule has 1 aliphatic rings. The first-order valence-corrected chi connectivity index (χ1v) is 8.31. The molecular formula is C15H23BrN4O. The fourth-order valence-corrected chi connectivity index (χ4v) is 3.23. The summed E-state index contributed by atoms with van der Waals surface area (Å²) in [4.78, 5) is 14.5. The van der Waals surface area contributed by atoms with E-state index in [-0.39, 0.29) is 5.56 Å². The van der Waals surface area contributed by atoms with Crippen LogP contribution in [0.25, 0.3) is 0 Å². The molecule has 0 spiro atoms. The highest BCUT2D eigenvalue weighted by molar-refractivity contribution is 9.10. The molecule has 1 aromatic heterocycles. The highest BCUT2D eigenvalue weighted by Crippen LogP contribution is 2.22. The van der Waals surface area contributed by atoms with E-state index in [1.807, 2.05) is 0 Å². The monoisotopic (exact) mass is 354 g/mol. The highest BCUT2D eigenvalue weighted by Gasteiger charge is 2.19. The molecule has 0 amide bonds. The van der Waals surface area contributed by atoms with Gasteiger partial charge in [0.1, 0.15) is 4.47 Å². The van der Waals surface area contributed by atoms with E-state index >= 15 is 0 Å². The van der Waals surface area contributed by atoms with E-state index in [0.29, 0.717) is 17.1 Å². The third-order valence-electron chi connectivity index (χ3n) is 3.84. The topological polar surface area (TPSA) is 50.2 Å². The number of halogens is 1. The second-order valence-corrected chi connectivity index (χ2v) is 6.10. The second-order valence-electron chi connectivity index (χ2n) is 5.31.